The lowest BCUT2D eigenvalue weighted by Crippen LogP contribution is -2.40. The van der Waals surface area contributed by atoms with E-state index in [9.17, 15) is 9.90 Å². The number of aliphatic hydroxyl groups is 1. The average molecular weight is 346 g/mol. The minimum atomic E-state index is -0.527. The van der Waals surface area contributed by atoms with Crippen LogP contribution in [0.5, 0.6) is 0 Å². The van der Waals surface area contributed by atoms with Gasteiger partial charge in [-0.2, -0.15) is 0 Å². The number of rotatable bonds is 3. The molecule has 1 aliphatic heterocycles. The van der Waals surface area contributed by atoms with Crippen LogP contribution in [0, 0.1) is 12.8 Å². The Morgan fingerprint density at radius 3 is 2.54 bits per heavy atom. The number of carbonyl (C=O) groups excluding carboxylic acids is 1. The van der Waals surface area contributed by atoms with E-state index < -0.39 is 6.10 Å². The van der Waals surface area contributed by atoms with Gasteiger partial charge >= 0.3 is 0 Å². The van der Waals surface area contributed by atoms with Gasteiger partial charge in [-0.15, -0.1) is 0 Å². The van der Waals surface area contributed by atoms with E-state index in [0.29, 0.717) is 23.8 Å². The molecule has 1 N–H and O–H groups in total. The fourth-order valence-corrected chi connectivity index (χ4v) is 3.21. The SMILES string of the molecule is Cc1cc(C(=O)N2CCC(C(O)c3ccc(Cl)cc3)CC2)ncn1. The summed E-state index contributed by atoms with van der Waals surface area (Å²) in [6.45, 7) is 3.08. The quantitative estimate of drug-likeness (QED) is 0.928. The maximum atomic E-state index is 12.5. The molecule has 0 bridgehead atoms. The number of piperidine rings is 1. The highest BCUT2D eigenvalue weighted by Crippen LogP contribution is 2.31. The van der Waals surface area contributed by atoms with Crippen LogP contribution in [0.1, 0.15) is 40.7 Å². The number of carbonyl (C=O) groups is 1. The monoisotopic (exact) mass is 345 g/mol. The zero-order chi connectivity index (χ0) is 17.1. The third-order valence-electron chi connectivity index (χ3n) is 4.51. The van der Waals surface area contributed by atoms with Crippen LogP contribution in [-0.2, 0) is 0 Å². The summed E-state index contributed by atoms with van der Waals surface area (Å²) in [4.78, 5) is 22.4. The van der Waals surface area contributed by atoms with Gasteiger partial charge in [0.15, 0.2) is 0 Å². The number of nitrogens with zero attached hydrogens (tertiary/aromatic N) is 3. The van der Waals surface area contributed by atoms with Crippen LogP contribution in [-0.4, -0.2) is 39.0 Å². The summed E-state index contributed by atoms with van der Waals surface area (Å²) in [6.07, 6.45) is 2.42. The molecular weight excluding hydrogens is 326 g/mol. The van der Waals surface area contributed by atoms with Crippen LogP contribution in [0.15, 0.2) is 36.7 Å². The van der Waals surface area contributed by atoms with Crippen molar-refractivity contribution in [2.75, 3.05) is 13.1 Å². The molecule has 126 valence electrons. The summed E-state index contributed by atoms with van der Waals surface area (Å²) < 4.78 is 0. The lowest BCUT2D eigenvalue weighted by Gasteiger charge is -2.34. The molecule has 0 radical (unpaired) electrons. The normalized spacial score (nSPS) is 16.9. The molecule has 1 fully saturated rings. The van der Waals surface area contributed by atoms with Gasteiger partial charge in [-0.3, -0.25) is 4.79 Å². The topological polar surface area (TPSA) is 66.3 Å². The van der Waals surface area contributed by atoms with E-state index in [1.807, 2.05) is 19.1 Å². The number of hydrogen-bond acceptors (Lipinski definition) is 4. The van der Waals surface area contributed by atoms with Crippen molar-refractivity contribution in [3.8, 4) is 0 Å². The second-order valence-electron chi connectivity index (χ2n) is 6.17. The Morgan fingerprint density at radius 2 is 1.92 bits per heavy atom. The standard InChI is InChI=1S/C18H20ClN3O2/c1-12-10-16(21-11-20-12)18(24)22-8-6-14(7-9-22)17(23)13-2-4-15(19)5-3-13/h2-5,10-11,14,17,23H,6-9H2,1H3. The van der Waals surface area contributed by atoms with Gasteiger partial charge < -0.3 is 10.0 Å². The van der Waals surface area contributed by atoms with E-state index >= 15 is 0 Å². The number of likely N-dealkylation sites (tertiary alicyclic amines) is 1. The predicted molar refractivity (Wildman–Crippen MR) is 91.8 cm³/mol. The first-order chi connectivity index (χ1) is 11.5. The Hall–Kier alpha value is -1.98. The van der Waals surface area contributed by atoms with Gasteiger partial charge in [-0.25, -0.2) is 9.97 Å². The number of hydrogen-bond donors (Lipinski definition) is 1. The molecule has 1 atom stereocenters. The van der Waals surface area contributed by atoms with Crippen LogP contribution in [0.2, 0.25) is 5.02 Å². The molecule has 2 heterocycles. The molecule has 1 aliphatic rings. The minimum absolute atomic E-state index is 0.0695. The van der Waals surface area contributed by atoms with Crippen molar-refractivity contribution in [2.24, 2.45) is 5.92 Å². The smallest absolute Gasteiger partial charge is 0.272 e. The number of benzene rings is 1. The molecule has 2 aromatic rings. The largest absolute Gasteiger partial charge is 0.388 e. The van der Waals surface area contributed by atoms with Crippen molar-refractivity contribution >= 4 is 17.5 Å². The molecule has 6 heteroatoms. The van der Waals surface area contributed by atoms with Crippen molar-refractivity contribution in [3.63, 3.8) is 0 Å². The molecule has 1 saturated heterocycles. The van der Waals surface area contributed by atoms with Crippen molar-refractivity contribution in [1.29, 1.82) is 0 Å². The zero-order valence-electron chi connectivity index (χ0n) is 13.5. The van der Waals surface area contributed by atoms with Gasteiger partial charge in [0.05, 0.1) is 6.10 Å². The van der Waals surface area contributed by atoms with E-state index in [0.717, 1.165) is 24.1 Å². The summed E-state index contributed by atoms with van der Waals surface area (Å²) >= 11 is 5.89. The Morgan fingerprint density at radius 1 is 1.25 bits per heavy atom. The second kappa shape index (κ2) is 7.28. The Balaban J connectivity index is 1.61. The van der Waals surface area contributed by atoms with Crippen LogP contribution in [0.25, 0.3) is 0 Å². The third kappa shape index (κ3) is 3.74. The lowest BCUT2D eigenvalue weighted by molar-refractivity contribution is 0.0458. The first-order valence-electron chi connectivity index (χ1n) is 8.06. The van der Waals surface area contributed by atoms with Crippen LogP contribution < -0.4 is 0 Å². The Bertz CT molecular complexity index is 712. The molecule has 5 nitrogen and oxygen atoms in total. The first kappa shape index (κ1) is 16.9. The summed E-state index contributed by atoms with van der Waals surface area (Å²) in [5.41, 5.74) is 2.08. The van der Waals surface area contributed by atoms with Gasteiger partial charge in [-0.1, -0.05) is 23.7 Å². The summed E-state index contributed by atoms with van der Waals surface area (Å²) in [5, 5.41) is 11.2. The Labute approximate surface area is 146 Å². The summed E-state index contributed by atoms with van der Waals surface area (Å²) in [5.74, 6) is 0.0716. The molecule has 1 aromatic heterocycles. The maximum Gasteiger partial charge on any atom is 0.272 e. The van der Waals surface area contributed by atoms with E-state index in [-0.39, 0.29) is 11.8 Å². The molecule has 0 spiro atoms. The van der Waals surface area contributed by atoms with E-state index in [1.165, 1.54) is 6.33 Å². The number of aromatic nitrogens is 2. The van der Waals surface area contributed by atoms with Crippen molar-refractivity contribution < 1.29 is 9.90 Å². The third-order valence-corrected chi connectivity index (χ3v) is 4.76. The first-order valence-corrected chi connectivity index (χ1v) is 8.44. The highest BCUT2D eigenvalue weighted by Gasteiger charge is 2.29. The zero-order valence-corrected chi connectivity index (χ0v) is 14.3. The van der Waals surface area contributed by atoms with Crippen molar-refractivity contribution in [1.82, 2.24) is 14.9 Å². The molecule has 1 aromatic carbocycles. The summed E-state index contributed by atoms with van der Waals surface area (Å²) in [6, 6.07) is 8.99. The van der Waals surface area contributed by atoms with Crippen LogP contribution >= 0.6 is 11.6 Å². The molecule has 24 heavy (non-hydrogen) atoms. The molecule has 3 rings (SSSR count). The predicted octanol–water partition coefficient (Wildman–Crippen LogP) is 3.02. The maximum absolute atomic E-state index is 12.5. The van der Waals surface area contributed by atoms with Crippen molar-refractivity contribution in [3.05, 3.63) is 58.6 Å². The van der Waals surface area contributed by atoms with E-state index in [4.69, 9.17) is 11.6 Å². The molecule has 0 aliphatic carbocycles. The number of amides is 1. The van der Waals surface area contributed by atoms with Gasteiger partial charge in [0.1, 0.15) is 12.0 Å². The van der Waals surface area contributed by atoms with E-state index in [2.05, 4.69) is 9.97 Å². The fraction of sp³-hybridized carbons (Fsp3) is 0.389. The van der Waals surface area contributed by atoms with Gasteiger partial charge in [0.2, 0.25) is 0 Å². The number of aliphatic hydroxyl groups excluding tert-OH is 1. The molecule has 1 unspecified atom stereocenters. The second-order valence-corrected chi connectivity index (χ2v) is 6.61. The lowest BCUT2D eigenvalue weighted by atomic mass is 9.87. The molecule has 0 saturated carbocycles. The number of halogens is 1. The van der Waals surface area contributed by atoms with Gasteiger partial charge in [0.25, 0.3) is 5.91 Å². The highest BCUT2D eigenvalue weighted by molar-refractivity contribution is 6.30. The fourth-order valence-electron chi connectivity index (χ4n) is 3.08. The minimum Gasteiger partial charge on any atom is -0.388 e. The summed E-state index contributed by atoms with van der Waals surface area (Å²) in [7, 11) is 0. The number of aryl methyl sites for hydroxylation is 1. The highest BCUT2D eigenvalue weighted by atomic mass is 35.5. The Kier molecular flexibility index (Phi) is 5.11. The van der Waals surface area contributed by atoms with Gasteiger partial charge in [0, 0.05) is 23.8 Å². The van der Waals surface area contributed by atoms with Crippen LogP contribution in [0.3, 0.4) is 0 Å². The van der Waals surface area contributed by atoms with Crippen molar-refractivity contribution in [2.45, 2.75) is 25.9 Å². The van der Waals surface area contributed by atoms with E-state index in [1.54, 1.807) is 23.1 Å². The molecule has 1 amide bonds. The van der Waals surface area contributed by atoms with Gasteiger partial charge in [-0.05, 0) is 49.4 Å². The van der Waals surface area contributed by atoms with Crippen LogP contribution in [0.4, 0.5) is 0 Å². The molecular formula is C18H20ClN3O2. The average Bonchev–Trinajstić information content (AvgIpc) is 2.61.